The molecule has 0 saturated heterocycles. The molecule has 0 heterocycles. The SMILES string of the molecule is CC(C)CC(NC(=O)C(N)CCCN=C(N)N)C(=O)NC(CO)C(=O)NC(Cc1ccccc1)C(=O)O. The van der Waals surface area contributed by atoms with Crippen molar-refractivity contribution in [3.8, 4) is 0 Å². The molecular formula is C24H39N7O6. The Morgan fingerprint density at radius 1 is 0.919 bits per heavy atom. The Bertz CT molecular complexity index is 921. The lowest BCUT2D eigenvalue weighted by Crippen LogP contribution is -2.58. The van der Waals surface area contributed by atoms with Gasteiger partial charge < -0.3 is 43.4 Å². The first-order valence-corrected chi connectivity index (χ1v) is 12.0. The maximum Gasteiger partial charge on any atom is 0.326 e. The second-order valence-electron chi connectivity index (χ2n) is 9.08. The highest BCUT2D eigenvalue weighted by atomic mass is 16.4. The monoisotopic (exact) mass is 521 g/mol. The number of nitrogens with one attached hydrogen (secondary N) is 3. The van der Waals surface area contributed by atoms with Gasteiger partial charge in [0.2, 0.25) is 17.7 Å². The number of carboxylic acids is 1. The lowest BCUT2D eigenvalue weighted by Gasteiger charge is -2.25. The van der Waals surface area contributed by atoms with Crippen LogP contribution in [0.2, 0.25) is 0 Å². The van der Waals surface area contributed by atoms with Gasteiger partial charge in [-0.25, -0.2) is 4.79 Å². The number of aliphatic imine (C=N–C) groups is 1. The van der Waals surface area contributed by atoms with Gasteiger partial charge in [0, 0.05) is 13.0 Å². The molecule has 1 rings (SSSR count). The summed E-state index contributed by atoms with van der Waals surface area (Å²) < 4.78 is 0. The predicted octanol–water partition coefficient (Wildman–Crippen LogP) is -1.81. The molecule has 206 valence electrons. The minimum absolute atomic E-state index is 0.00203. The predicted molar refractivity (Wildman–Crippen MR) is 138 cm³/mol. The Morgan fingerprint density at radius 3 is 2.03 bits per heavy atom. The average molecular weight is 522 g/mol. The van der Waals surface area contributed by atoms with Crippen LogP contribution in [0.3, 0.4) is 0 Å². The molecule has 4 atom stereocenters. The molecule has 0 aromatic heterocycles. The number of guanidine groups is 1. The van der Waals surface area contributed by atoms with E-state index in [1.54, 1.807) is 30.3 Å². The van der Waals surface area contributed by atoms with Crippen molar-refractivity contribution in [2.75, 3.05) is 13.2 Å². The van der Waals surface area contributed by atoms with Gasteiger partial charge in [0.1, 0.15) is 18.1 Å². The van der Waals surface area contributed by atoms with E-state index in [0.717, 1.165) is 0 Å². The van der Waals surface area contributed by atoms with Crippen LogP contribution < -0.4 is 33.2 Å². The van der Waals surface area contributed by atoms with Crippen molar-refractivity contribution in [2.45, 2.75) is 63.7 Å². The summed E-state index contributed by atoms with van der Waals surface area (Å²) >= 11 is 0. The van der Waals surface area contributed by atoms with E-state index in [2.05, 4.69) is 20.9 Å². The molecule has 11 N–H and O–H groups in total. The van der Waals surface area contributed by atoms with Crippen LogP contribution >= 0.6 is 0 Å². The van der Waals surface area contributed by atoms with E-state index < -0.39 is 54.5 Å². The van der Waals surface area contributed by atoms with E-state index in [4.69, 9.17) is 17.2 Å². The first-order chi connectivity index (χ1) is 17.4. The summed E-state index contributed by atoms with van der Waals surface area (Å²) in [5, 5.41) is 26.6. The number of aliphatic hydroxyl groups is 1. The molecule has 0 aliphatic rings. The maximum atomic E-state index is 12.9. The van der Waals surface area contributed by atoms with Gasteiger partial charge >= 0.3 is 5.97 Å². The summed E-state index contributed by atoms with van der Waals surface area (Å²) in [5.41, 5.74) is 17.1. The quantitative estimate of drug-likeness (QED) is 0.0694. The summed E-state index contributed by atoms with van der Waals surface area (Å²) in [6.07, 6.45) is 0.983. The van der Waals surface area contributed by atoms with Gasteiger partial charge in [0.25, 0.3) is 0 Å². The Balaban J connectivity index is 2.80. The van der Waals surface area contributed by atoms with Gasteiger partial charge in [-0.2, -0.15) is 0 Å². The highest BCUT2D eigenvalue weighted by Crippen LogP contribution is 2.08. The summed E-state index contributed by atoms with van der Waals surface area (Å²) in [5.74, 6) is -3.48. The van der Waals surface area contributed by atoms with Crippen LogP contribution in [-0.4, -0.2) is 77.2 Å². The van der Waals surface area contributed by atoms with Crippen molar-refractivity contribution >= 4 is 29.7 Å². The number of carbonyl (C=O) groups is 4. The van der Waals surface area contributed by atoms with Crippen LogP contribution in [0.15, 0.2) is 35.3 Å². The normalized spacial score (nSPS) is 14.1. The van der Waals surface area contributed by atoms with Gasteiger partial charge in [-0.15, -0.1) is 0 Å². The number of nitrogens with zero attached hydrogens (tertiary/aromatic N) is 1. The third-order valence-electron chi connectivity index (χ3n) is 5.36. The van der Waals surface area contributed by atoms with Crippen LogP contribution in [0.1, 0.15) is 38.7 Å². The van der Waals surface area contributed by atoms with Crippen LogP contribution in [0.25, 0.3) is 0 Å². The van der Waals surface area contributed by atoms with E-state index in [1.165, 1.54) is 0 Å². The number of carboxylic acid groups (broad SMARTS) is 1. The standard InChI is InChI=1S/C24H39N7O6/c1-14(2)11-17(29-20(33)16(25)9-6-10-28-24(26)27)21(34)31-19(13-32)22(35)30-18(23(36)37)12-15-7-4-3-5-8-15/h3-5,7-8,14,16-19,32H,6,9-13,25H2,1-2H3,(H,29,33)(H,30,35)(H,31,34)(H,36,37)(H4,26,27,28). The summed E-state index contributed by atoms with van der Waals surface area (Å²) in [7, 11) is 0. The second-order valence-corrected chi connectivity index (χ2v) is 9.08. The molecule has 4 unspecified atom stereocenters. The number of amides is 3. The zero-order valence-corrected chi connectivity index (χ0v) is 21.2. The second kappa shape index (κ2) is 16.1. The largest absolute Gasteiger partial charge is 0.480 e. The smallest absolute Gasteiger partial charge is 0.326 e. The Morgan fingerprint density at radius 2 is 1.49 bits per heavy atom. The average Bonchev–Trinajstić information content (AvgIpc) is 2.83. The first-order valence-electron chi connectivity index (χ1n) is 12.0. The number of carbonyl (C=O) groups excluding carboxylic acids is 3. The number of nitrogens with two attached hydrogens (primary N) is 3. The molecule has 0 spiro atoms. The van der Waals surface area contributed by atoms with E-state index in [9.17, 15) is 29.4 Å². The topological polar surface area (TPSA) is 235 Å². The lowest BCUT2D eigenvalue weighted by molar-refractivity contribution is -0.142. The Hall–Kier alpha value is -3.71. The molecule has 13 heteroatoms. The molecule has 0 bridgehead atoms. The number of rotatable bonds is 16. The molecule has 0 aliphatic carbocycles. The molecule has 1 aromatic carbocycles. The first kappa shape index (κ1) is 31.3. The molecule has 0 aliphatic heterocycles. The molecule has 0 fully saturated rings. The molecule has 37 heavy (non-hydrogen) atoms. The molecule has 3 amide bonds. The lowest BCUT2D eigenvalue weighted by atomic mass is 10.0. The van der Waals surface area contributed by atoms with E-state index in [-0.39, 0.29) is 31.1 Å². The number of aliphatic carboxylic acids is 1. The van der Waals surface area contributed by atoms with Crippen LogP contribution in [0.5, 0.6) is 0 Å². The van der Waals surface area contributed by atoms with E-state index >= 15 is 0 Å². The third-order valence-corrected chi connectivity index (χ3v) is 5.36. The highest BCUT2D eigenvalue weighted by molar-refractivity contribution is 5.94. The van der Waals surface area contributed by atoms with Gasteiger partial charge in [0.05, 0.1) is 12.6 Å². The van der Waals surface area contributed by atoms with Crippen molar-refractivity contribution in [3.63, 3.8) is 0 Å². The minimum atomic E-state index is -1.43. The zero-order chi connectivity index (χ0) is 28.0. The van der Waals surface area contributed by atoms with Crippen molar-refractivity contribution in [3.05, 3.63) is 35.9 Å². The van der Waals surface area contributed by atoms with Gasteiger partial charge in [-0.1, -0.05) is 44.2 Å². The van der Waals surface area contributed by atoms with Gasteiger partial charge in [0.15, 0.2) is 5.96 Å². The third kappa shape index (κ3) is 12.2. The summed E-state index contributed by atoms with van der Waals surface area (Å²) in [4.78, 5) is 53.7. The molecule has 1 aromatic rings. The number of hydrogen-bond acceptors (Lipinski definition) is 7. The van der Waals surface area contributed by atoms with Gasteiger partial charge in [-0.05, 0) is 30.7 Å². The fraction of sp³-hybridized carbons (Fsp3) is 0.542. The summed E-state index contributed by atoms with van der Waals surface area (Å²) in [6.45, 7) is 3.22. The van der Waals surface area contributed by atoms with E-state index in [0.29, 0.717) is 18.5 Å². The molecule has 0 saturated carbocycles. The van der Waals surface area contributed by atoms with Gasteiger partial charge in [-0.3, -0.25) is 19.4 Å². The molecule has 0 radical (unpaired) electrons. The van der Waals surface area contributed by atoms with Crippen molar-refractivity contribution in [1.29, 1.82) is 0 Å². The highest BCUT2D eigenvalue weighted by Gasteiger charge is 2.30. The van der Waals surface area contributed by atoms with Crippen LogP contribution in [0.4, 0.5) is 0 Å². The van der Waals surface area contributed by atoms with Crippen molar-refractivity contribution in [1.82, 2.24) is 16.0 Å². The number of hydrogen-bond donors (Lipinski definition) is 8. The van der Waals surface area contributed by atoms with Crippen LogP contribution in [-0.2, 0) is 25.6 Å². The van der Waals surface area contributed by atoms with Crippen molar-refractivity contribution in [2.24, 2.45) is 28.1 Å². The Labute approximate surface area is 216 Å². The molecular weight excluding hydrogens is 482 g/mol. The maximum absolute atomic E-state index is 12.9. The number of aliphatic hydroxyl groups excluding tert-OH is 1. The Kier molecular flexibility index (Phi) is 13.6. The fourth-order valence-electron chi connectivity index (χ4n) is 3.42. The van der Waals surface area contributed by atoms with Crippen LogP contribution in [0, 0.1) is 5.92 Å². The van der Waals surface area contributed by atoms with E-state index in [1.807, 2.05) is 13.8 Å². The van der Waals surface area contributed by atoms with Crippen molar-refractivity contribution < 1.29 is 29.4 Å². The minimum Gasteiger partial charge on any atom is -0.480 e. The number of benzene rings is 1. The zero-order valence-electron chi connectivity index (χ0n) is 21.2. The summed E-state index contributed by atoms with van der Waals surface area (Å²) in [6, 6.07) is 4.06. The fourth-order valence-corrected chi connectivity index (χ4v) is 3.42. The molecule has 13 nitrogen and oxygen atoms in total.